The van der Waals surface area contributed by atoms with Crippen molar-refractivity contribution in [1.29, 1.82) is 0 Å². The van der Waals surface area contributed by atoms with E-state index in [-0.39, 0.29) is 11.5 Å². The summed E-state index contributed by atoms with van der Waals surface area (Å²) < 4.78 is 0. The number of aryl methyl sites for hydroxylation is 1. The number of Topliss-reactive ketones (excluding diaryl/α,β-unsaturated/α-hetero) is 1. The molecule has 1 fully saturated rings. The predicted molar refractivity (Wildman–Crippen MR) is 99.1 cm³/mol. The van der Waals surface area contributed by atoms with E-state index in [1.165, 1.54) is 17.7 Å². The maximum atomic E-state index is 12.7. The lowest BCUT2D eigenvalue weighted by Gasteiger charge is -2.16. The minimum Gasteiger partial charge on any atom is -0.289 e. The van der Waals surface area contributed by atoms with Gasteiger partial charge in [0.05, 0.1) is 4.92 Å². The number of nitro groups is 1. The molecule has 0 heterocycles. The van der Waals surface area contributed by atoms with Gasteiger partial charge in [0.2, 0.25) is 0 Å². The lowest BCUT2D eigenvalue weighted by Crippen LogP contribution is -2.12. The molecule has 1 aliphatic rings. The summed E-state index contributed by atoms with van der Waals surface area (Å²) in [5.74, 6) is 0.0742. The van der Waals surface area contributed by atoms with Crippen molar-refractivity contribution in [3.05, 3.63) is 86.5 Å². The Kier molecular flexibility index (Phi) is 4.89. The smallest absolute Gasteiger partial charge is 0.269 e. The van der Waals surface area contributed by atoms with Crippen molar-refractivity contribution in [2.75, 3.05) is 0 Å². The minimum absolute atomic E-state index is 0.0528. The standard InChI is InChI=1S/C21H19NO3/c1-15-5-7-16(8-6-15)13-18-3-2-4-19(21(18)23)14-17-9-11-20(12-10-17)22(24)25/h5-14H,2-4H2,1H3/b18-13+,19-14+. The Hall–Kier alpha value is -3.01. The topological polar surface area (TPSA) is 60.2 Å². The number of carbonyl (C=O) groups excluding carboxylic acids is 1. The van der Waals surface area contributed by atoms with Crippen LogP contribution in [0.15, 0.2) is 59.7 Å². The average Bonchev–Trinajstić information content (AvgIpc) is 2.61. The minimum atomic E-state index is -0.425. The number of hydrogen-bond acceptors (Lipinski definition) is 3. The zero-order chi connectivity index (χ0) is 17.8. The number of ketones is 1. The van der Waals surface area contributed by atoms with Crippen molar-refractivity contribution < 1.29 is 9.72 Å². The number of nitro benzene ring substituents is 1. The van der Waals surface area contributed by atoms with Gasteiger partial charge in [0.15, 0.2) is 5.78 Å². The number of benzene rings is 2. The number of carbonyl (C=O) groups is 1. The van der Waals surface area contributed by atoms with Crippen molar-refractivity contribution in [2.45, 2.75) is 26.2 Å². The fourth-order valence-corrected chi connectivity index (χ4v) is 2.94. The second-order valence-electron chi connectivity index (χ2n) is 6.28. The third-order valence-electron chi connectivity index (χ3n) is 4.34. The van der Waals surface area contributed by atoms with E-state index in [1.807, 2.05) is 43.3 Å². The SMILES string of the molecule is Cc1ccc(/C=C2\CCC/C(=C\c3ccc([N+](=O)[O-])cc3)C2=O)cc1. The van der Waals surface area contributed by atoms with E-state index in [2.05, 4.69) is 0 Å². The molecule has 1 aliphatic carbocycles. The number of rotatable bonds is 3. The van der Waals surface area contributed by atoms with Gasteiger partial charge in [0.25, 0.3) is 5.69 Å². The number of non-ortho nitro benzene ring substituents is 1. The van der Waals surface area contributed by atoms with E-state index >= 15 is 0 Å². The molecule has 25 heavy (non-hydrogen) atoms. The summed E-state index contributed by atoms with van der Waals surface area (Å²) in [4.78, 5) is 23.0. The molecule has 0 bridgehead atoms. The lowest BCUT2D eigenvalue weighted by atomic mass is 9.87. The summed E-state index contributed by atoms with van der Waals surface area (Å²) in [6, 6.07) is 14.4. The van der Waals surface area contributed by atoms with E-state index in [4.69, 9.17) is 0 Å². The second-order valence-corrected chi connectivity index (χ2v) is 6.28. The molecule has 0 aliphatic heterocycles. The molecule has 0 aromatic heterocycles. The summed E-state index contributed by atoms with van der Waals surface area (Å²) in [6.07, 6.45) is 6.26. The average molecular weight is 333 g/mol. The molecule has 0 spiro atoms. The quantitative estimate of drug-likeness (QED) is 0.445. The summed E-state index contributed by atoms with van der Waals surface area (Å²) in [7, 11) is 0. The fraction of sp³-hybridized carbons (Fsp3) is 0.190. The summed E-state index contributed by atoms with van der Waals surface area (Å²) in [5, 5.41) is 10.7. The monoisotopic (exact) mass is 333 g/mol. The Morgan fingerprint density at radius 1 is 0.880 bits per heavy atom. The molecule has 0 atom stereocenters. The fourth-order valence-electron chi connectivity index (χ4n) is 2.94. The highest BCUT2D eigenvalue weighted by Gasteiger charge is 2.20. The second kappa shape index (κ2) is 7.26. The largest absolute Gasteiger partial charge is 0.289 e. The van der Waals surface area contributed by atoms with Gasteiger partial charge in [-0.15, -0.1) is 0 Å². The highest BCUT2D eigenvalue weighted by Crippen LogP contribution is 2.28. The lowest BCUT2D eigenvalue weighted by molar-refractivity contribution is -0.384. The Morgan fingerprint density at radius 2 is 1.36 bits per heavy atom. The molecule has 1 saturated carbocycles. The van der Waals surface area contributed by atoms with Crippen LogP contribution in [-0.4, -0.2) is 10.7 Å². The summed E-state index contributed by atoms with van der Waals surface area (Å²) >= 11 is 0. The van der Waals surface area contributed by atoms with Crippen molar-refractivity contribution in [1.82, 2.24) is 0 Å². The molecular formula is C21H19NO3. The highest BCUT2D eigenvalue weighted by atomic mass is 16.6. The van der Waals surface area contributed by atoms with Crippen LogP contribution in [-0.2, 0) is 4.79 Å². The van der Waals surface area contributed by atoms with Gasteiger partial charge in [0, 0.05) is 23.3 Å². The zero-order valence-electron chi connectivity index (χ0n) is 14.1. The van der Waals surface area contributed by atoms with E-state index < -0.39 is 4.92 Å². The van der Waals surface area contributed by atoms with Gasteiger partial charge >= 0.3 is 0 Å². The molecule has 0 saturated heterocycles. The Labute approximate surface area is 146 Å². The molecule has 0 unspecified atom stereocenters. The number of allylic oxidation sites excluding steroid dienone is 2. The van der Waals surface area contributed by atoms with Crippen LogP contribution in [0.4, 0.5) is 5.69 Å². The predicted octanol–water partition coefficient (Wildman–Crippen LogP) is 5.12. The third kappa shape index (κ3) is 4.10. The van der Waals surface area contributed by atoms with Crippen molar-refractivity contribution >= 4 is 23.6 Å². The first kappa shape index (κ1) is 16.8. The normalized spacial score (nSPS) is 17.9. The molecule has 3 rings (SSSR count). The van der Waals surface area contributed by atoms with Gasteiger partial charge in [-0.3, -0.25) is 14.9 Å². The van der Waals surface area contributed by atoms with Crippen LogP contribution in [0.3, 0.4) is 0 Å². The van der Waals surface area contributed by atoms with Crippen molar-refractivity contribution in [3.8, 4) is 0 Å². The van der Waals surface area contributed by atoms with Gasteiger partial charge < -0.3 is 0 Å². The molecule has 0 radical (unpaired) electrons. The van der Waals surface area contributed by atoms with Crippen LogP contribution in [0.5, 0.6) is 0 Å². The maximum Gasteiger partial charge on any atom is 0.269 e. The zero-order valence-corrected chi connectivity index (χ0v) is 14.1. The first-order chi connectivity index (χ1) is 12.0. The molecule has 0 N–H and O–H groups in total. The Bertz CT molecular complexity index is 859. The maximum absolute atomic E-state index is 12.7. The first-order valence-electron chi connectivity index (χ1n) is 8.30. The molecule has 0 amide bonds. The summed E-state index contributed by atoms with van der Waals surface area (Å²) in [6.45, 7) is 2.04. The van der Waals surface area contributed by atoms with Gasteiger partial charge in [-0.25, -0.2) is 0 Å². The highest BCUT2D eigenvalue weighted by molar-refractivity contribution is 6.13. The van der Waals surface area contributed by atoms with Crippen LogP contribution in [0.25, 0.3) is 12.2 Å². The van der Waals surface area contributed by atoms with Crippen LogP contribution in [0, 0.1) is 17.0 Å². The van der Waals surface area contributed by atoms with Gasteiger partial charge in [-0.2, -0.15) is 0 Å². The van der Waals surface area contributed by atoms with Gasteiger partial charge in [-0.1, -0.05) is 29.8 Å². The molecule has 126 valence electrons. The molecule has 4 heteroatoms. The molecule has 2 aromatic rings. The van der Waals surface area contributed by atoms with E-state index in [0.717, 1.165) is 41.5 Å². The number of nitrogens with zero attached hydrogens (tertiary/aromatic N) is 1. The first-order valence-corrected chi connectivity index (χ1v) is 8.30. The molecule has 2 aromatic carbocycles. The van der Waals surface area contributed by atoms with Crippen LogP contribution in [0.2, 0.25) is 0 Å². The number of hydrogen-bond donors (Lipinski definition) is 0. The molecule has 4 nitrogen and oxygen atoms in total. The summed E-state index contributed by atoms with van der Waals surface area (Å²) in [5.41, 5.74) is 4.67. The Morgan fingerprint density at radius 3 is 1.84 bits per heavy atom. The van der Waals surface area contributed by atoms with E-state index in [0.29, 0.717) is 0 Å². The van der Waals surface area contributed by atoms with E-state index in [9.17, 15) is 14.9 Å². The van der Waals surface area contributed by atoms with Crippen LogP contribution in [0.1, 0.15) is 36.0 Å². The van der Waals surface area contributed by atoms with Gasteiger partial charge in [-0.05, 0) is 61.6 Å². The van der Waals surface area contributed by atoms with Crippen LogP contribution >= 0.6 is 0 Å². The van der Waals surface area contributed by atoms with Crippen LogP contribution < -0.4 is 0 Å². The van der Waals surface area contributed by atoms with Gasteiger partial charge in [0.1, 0.15) is 0 Å². The van der Waals surface area contributed by atoms with Crippen molar-refractivity contribution in [3.63, 3.8) is 0 Å². The Balaban J connectivity index is 1.84. The third-order valence-corrected chi connectivity index (χ3v) is 4.34. The molecular weight excluding hydrogens is 314 g/mol. The van der Waals surface area contributed by atoms with E-state index in [1.54, 1.807) is 12.1 Å². The van der Waals surface area contributed by atoms with Crippen molar-refractivity contribution in [2.24, 2.45) is 0 Å².